The summed E-state index contributed by atoms with van der Waals surface area (Å²) in [5.74, 6) is 0.0865. The molecule has 3 rings (SSSR count). The van der Waals surface area contributed by atoms with Crippen LogP contribution >= 0.6 is 22.7 Å². The summed E-state index contributed by atoms with van der Waals surface area (Å²) in [4.78, 5) is 27.3. The molecule has 0 fully saturated rings. The normalized spacial score (nSPS) is 16.4. The fourth-order valence-corrected chi connectivity index (χ4v) is 5.57. The highest BCUT2D eigenvalue weighted by atomic mass is 32.1. The number of ether oxygens (including phenoxy) is 1. The number of fused-ring (bicyclic) bond motifs is 1. The first kappa shape index (κ1) is 18.1. The standard InChI is InChI=1S/C19H23NO3S2/c1-4-5-13-9-12(10-24-13)17(21)20-18-16(19(22)23-3)14-7-6-11(2)8-15(14)25-18/h9-11H,4-8H2,1-3H3,(H,20,21). The summed E-state index contributed by atoms with van der Waals surface area (Å²) in [7, 11) is 1.39. The molecule has 1 aliphatic rings. The van der Waals surface area contributed by atoms with Crippen molar-refractivity contribution in [3.8, 4) is 0 Å². The Labute approximate surface area is 156 Å². The van der Waals surface area contributed by atoms with Crippen LogP contribution < -0.4 is 5.32 Å². The predicted octanol–water partition coefficient (Wildman–Crippen LogP) is 4.93. The van der Waals surface area contributed by atoms with Crippen LogP contribution in [0, 0.1) is 5.92 Å². The van der Waals surface area contributed by atoms with Crippen LogP contribution in [0.1, 0.15) is 62.7 Å². The Morgan fingerprint density at radius 3 is 2.92 bits per heavy atom. The molecule has 1 aliphatic carbocycles. The van der Waals surface area contributed by atoms with Gasteiger partial charge in [-0.05, 0) is 43.2 Å². The first-order valence-corrected chi connectivity index (χ1v) is 10.3. The predicted molar refractivity (Wildman–Crippen MR) is 103 cm³/mol. The maximum Gasteiger partial charge on any atom is 0.341 e. The van der Waals surface area contributed by atoms with Gasteiger partial charge in [-0.25, -0.2) is 4.79 Å². The second-order valence-corrected chi connectivity index (χ2v) is 8.65. The highest BCUT2D eigenvalue weighted by Crippen LogP contribution is 2.40. The Morgan fingerprint density at radius 2 is 2.20 bits per heavy atom. The summed E-state index contributed by atoms with van der Waals surface area (Å²) in [6.07, 6.45) is 4.93. The van der Waals surface area contributed by atoms with Gasteiger partial charge in [0.05, 0.1) is 18.2 Å². The lowest BCUT2D eigenvalue weighted by molar-refractivity contribution is 0.0601. The zero-order chi connectivity index (χ0) is 18.0. The van der Waals surface area contributed by atoms with Crippen molar-refractivity contribution in [1.82, 2.24) is 0 Å². The minimum Gasteiger partial charge on any atom is -0.465 e. The fourth-order valence-electron chi connectivity index (χ4n) is 3.21. The number of hydrogen-bond acceptors (Lipinski definition) is 5. The van der Waals surface area contributed by atoms with Crippen molar-refractivity contribution >= 4 is 39.6 Å². The number of nitrogens with one attached hydrogen (secondary N) is 1. The Hall–Kier alpha value is -1.66. The molecule has 2 aromatic heterocycles. The van der Waals surface area contributed by atoms with Gasteiger partial charge in [0, 0.05) is 15.1 Å². The van der Waals surface area contributed by atoms with E-state index in [-0.39, 0.29) is 11.9 Å². The van der Waals surface area contributed by atoms with Gasteiger partial charge in [0.2, 0.25) is 0 Å². The number of methoxy groups -OCH3 is 1. The first-order chi connectivity index (χ1) is 12.0. The van der Waals surface area contributed by atoms with E-state index in [1.807, 2.05) is 11.4 Å². The van der Waals surface area contributed by atoms with Crippen LogP contribution in [-0.4, -0.2) is 19.0 Å². The number of carbonyl (C=O) groups is 2. The summed E-state index contributed by atoms with van der Waals surface area (Å²) in [5.41, 5.74) is 2.26. The molecule has 134 valence electrons. The molecule has 0 aliphatic heterocycles. The number of thiophene rings is 2. The lowest BCUT2D eigenvalue weighted by Gasteiger charge is -2.18. The lowest BCUT2D eigenvalue weighted by atomic mass is 9.88. The summed E-state index contributed by atoms with van der Waals surface area (Å²) in [6, 6.07) is 1.94. The largest absolute Gasteiger partial charge is 0.465 e. The molecule has 4 nitrogen and oxygen atoms in total. The van der Waals surface area contributed by atoms with E-state index in [0.29, 0.717) is 22.0 Å². The van der Waals surface area contributed by atoms with Crippen molar-refractivity contribution in [1.29, 1.82) is 0 Å². The van der Waals surface area contributed by atoms with Gasteiger partial charge < -0.3 is 10.1 Å². The van der Waals surface area contributed by atoms with Crippen LogP contribution in [0.25, 0.3) is 0 Å². The molecule has 1 N–H and O–H groups in total. The van der Waals surface area contributed by atoms with Crippen molar-refractivity contribution < 1.29 is 14.3 Å². The number of esters is 1. The summed E-state index contributed by atoms with van der Waals surface area (Å²) >= 11 is 3.13. The SMILES string of the molecule is CCCc1cc(C(=O)Nc2sc3c(c2C(=O)OC)CCC(C)C3)cs1. The van der Waals surface area contributed by atoms with Gasteiger partial charge in [-0.15, -0.1) is 22.7 Å². The van der Waals surface area contributed by atoms with Crippen molar-refractivity contribution in [2.75, 3.05) is 12.4 Å². The van der Waals surface area contributed by atoms with Gasteiger partial charge in [-0.3, -0.25) is 4.79 Å². The maximum absolute atomic E-state index is 12.6. The number of carbonyl (C=O) groups excluding carboxylic acids is 2. The molecule has 25 heavy (non-hydrogen) atoms. The Morgan fingerprint density at radius 1 is 1.40 bits per heavy atom. The zero-order valence-electron chi connectivity index (χ0n) is 14.8. The summed E-state index contributed by atoms with van der Waals surface area (Å²) in [6.45, 7) is 4.35. The molecule has 1 atom stereocenters. The third-order valence-electron chi connectivity index (χ3n) is 4.54. The van der Waals surface area contributed by atoms with Crippen LogP contribution in [0.2, 0.25) is 0 Å². The molecule has 1 unspecified atom stereocenters. The number of rotatable bonds is 5. The summed E-state index contributed by atoms with van der Waals surface area (Å²) < 4.78 is 4.97. The molecule has 0 saturated carbocycles. The number of anilines is 1. The molecule has 0 bridgehead atoms. The summed E-state index contributed by atoms with van der Waals surface area (Å²) in [5, 5.41) is 5.46. The molecule has 0 aromatic carbocycles. The van der Waals surface area contributed by atoms with Crippen LogP contribution in [0.3, 0.4) is 0 Å². The van der Waals surface area contributed by atoms with E-state index < -0.39 is 0 Å². The highest BCUT2D eigenvalue weighted by Gasteiger charge is 2.29. The Balaban J connectivity index is 1.88. The first-order valence-electron chi connectivity index (χ1n) is 8.65. The smallest absolute Gasteiger partial charge is 0.341 e. The number of hydrogen-bond donors (Lipinski definition) is 1. The van der Waals surface area contributed by atoms with E-state index in [9.17, 15) is 9.59 Å². The van der Waals surface area contributed by atoms with Gasteiger partial charge in [0.15, 0.2) is 0 Å². The molecule has 0 radical (unpaired) electrons. The van der Waals surface area contributed by atoms with Gasteiger partial charge in [-0.1, -0.05) is 20.3 Å². The van der Waals surface area contributed by atoms with Crippen LogP contribution in [0.4, 0.5) is 5.00 Å². The van der Waals surface area contributed by atoms with Gasteiger partial charge in [-0.2, -0.15) is 0 Å². The van der Waals surface area contributed by atoms with Crippen LogP contribution in [0.5, 0.6) is 0 Å². The maximum atomic E-state index is 12.6. The van der Waals surface area contributed by atoms with E-state index in [1.165, 1.54) is 28.2 Å². The quantitative estimate of drug-likeness (QED) is 0.752. The second-order valence-electron chi connectivity index (χ2n) is 6.55. The van der Waals surface area contributed by atoms with Crippen molar-refractivity contribution in [2.45, 2.75) is 46.0 Å². The van der Waals surface area contributed by atoms with Crippen LogP contribution in [-0.2, 0) is 24.0 Å². The molecule has 2 aromatic rings. The fraction of sp³-hybridized carbons (Fsp3) is 0.474. The van der Waals surface area contributed by atoms with Crippen molar-refractivity contribution in [3.63, 3.8) is 0 Å². The van der Waals surface area contributed by atoms with Crippen molar-refractivity contribution in [2.24, 2.45) is 5.92 Å². The van der Waals surface area contributed by atoms with Gasteiger partial charge in [0.25, 0.3) is 5.91 Å². The Bertz CT molecular complexity index is 791. The van der Waals surface area contributed by atoms with E-state index in [4.69, 9.17) is 4.74 Å². The third-order valence-corrected chi connectivity index (χ3v) is 6.71. The van der Waals surface area contributed by atoms with Gasteiger partial charge >= 0.3 is 5.97 Å². The van der Waals surface area contributed by atoms with E-state index in [2.05, 4.69) is 19.2 Å². The van der Waals surface area contributed by atoms with Gasteiger partial charge in [0.1, 0.15) is 5.00 Å². The minimum atomic E-state index is -0.362. The minimum absolute atomic E-state index is 0.157. The number of amides is 1. The topological polar surface area (TPSA) is 55.4 Å². The molecule has 2 heterocycles. The number of aryl methyl sites for hydroxylation is 1. The average Bonchev–Trinajstić information content (AvgIpc) is 3.18. The highest BCUT2D eigenvalue weighted by molar-refractivity contribution is 7.17. The molecular formula is C19H23NO3S2. The van der Waals surface area contributed by atoms with Crippen LogP contribution in [0.15, 0.2) is 11.4 Å². The molecular weight excluding hydrogens is 354 g/mol. The molecule has 1 amide bonds. The lowest BCUT2D eigenvalue weighted by Crippen LogP contribution is -2.15. The Kier molecular flexibility index (Phi) is 5.59. The molecule has 0 saturated heterocycles. The van der Waals surface area contributed by atoms with E-state index in [0.717, 1.165) is 37.7 Å². The molecule has 0 spiro atoms. The zero-order valence-corrected chi connectivity index (χ0v) is 16.4. The third kappa shape index (κ3) is 3.80. The molecule has 6 heteroatoms. The monoisotopic (exact) mass is 377 g/mol. The average molecular weight is 378 g/mol. The van der Waals surface area contributed by atoms with E-state index in [1.54, 1.807) is 11.3 Å². The second kappa shape index (κ2) is 7.70. The van der Waals surface area contributed by atoms with Crippen molar-refractivity contribution in [3.05, 3.63) is 37.9 Å². The van der Waals surface area contributed by atoms with E-state index >= 15 is 0 Å².